The number of hydrogen-bond acceptors (Lipinski definition) is 1. The summed E-state index contributed by atoms with van der Waals surface area (Å²) in [5, 5.41) is 0. The van der Waals surface area contributed by atoms with Crippen LogP contribution in [0.5, 0.6) is 0 Å². The lowest BCUT2D eigenvalue weighted by atomic mass is 9.99. The molecule has 6 heteroatoms. The normalized spacial score (nSPS) is 13.2. The Hall–Kier alpha value is -1.40. The molecule has 0 radical (unpaired) electrons. The van der Waals surface area contributed by atoms with Crippen molar-refractivity contribution >= 4 is 15.9 Å². The summed E-state index contributed by atoms with van der Waals surface area (Å²) in [5.74, 6) is -0.421. The monoisotopic (exact) mass is 361 g/mol. The molecule has 2 rings (SSSR count). The molecule has 0 saturated carbocycles. The highest BCUT2D eigenvalue weighted by molar-refractivity contribution is 9.10. The van der Waals surface area contributed by atoms with Crippen molar-refractivity contribution in [2.75, 3.05) is 0 Å². The molecule has 1 unspecified atom stereocenters. The Morgan fingerprint density at radius 3 is 2.19 bits per heavy atom. The lowest BCUT2D eigenvalue weighted by Crippen LogP contribution is -2.14. The standard InChI is InChI=1S/C15H12BrF4N/c16-12-6-3-10(8-13(12)17)14(21)7-9-1-4-11(5-2-9)15(18,19)20/h1-6,8,14H,7,21H2. The van der Waals surface area contributed by atoms with E-state index in [0.717, 1.165) is 12.1 Å². The fourth-order valence-electron chi connectivity index (χ4n) is 1.94. The maximum atomic E-state index is 13.4. The molecule has 0 aliphatic carbocycles. The van der Waals surface area contributed by atoms with Crippen molar-refractivity contribution in [3.63, 3.8) is 0 Å². The van der Waals surface area contributed by atoms with Crippen molar-refractivity contribution in [1.29, 1.82) is 0 Å². The third-order valence-electron chi connectivity index (χ3n) is 3.11. The summed E-state index contributed by atoms with van der Waals surface area (Å²) < 4.78 is 51.2. The van der Waals surface area contributed by atoms with E-state index in [9.17, 15) is 17.6 Å². The van der Waals surface area contributed by atoms with E-state index in [1.54, 1.807) is 12.1 Å². The van der Waals surface area contributed by atoms with Crippen LogP contribution in [0.3, 0.4) is 0 Å². The molecule has 2 aromatic rings. The van der Waals surface area contributed by atoms with Crippen LogP contribution in [0, 0.1) is 5.82 Å². The lowest BCUT2D eigenvalue weighted by molar-refractivity contribution is -0.137. The zero-order valence-corrected chi connectivity index (χ0v) is 12.4. The number of rotatable bonds is 3. The number of benzene rings is 2. The van der Waals surface area contributed by atoms with Crippen molar-refractivity contribution in [2.24, 2.45) is 5.73 Å². The molecule has 0 spiro atoms. The smallest absolute Gasteiger partial charge is 0.324 e. The van der Waals surface area contributed by atoms with Crippen LogP contribution in [-0.2, 0) is 12.6 Å². The van der Waals surface area contributed by atoms with Gasteiger partial charge in [-0.25, -0.2) is 4.39 Å². The first-order valence-corrected chi connectivity index (χ1v) is 6.93. The predicted octanol–water partition coefficient (Wildman–Crippen LogP) is 4.85. The van der Waals surface area contributed by atoms with Crippen molar-refractivity contribution in [1.82, 2.24) is 0 Å². The minimum Gasteiger partial charge on any atom is -0.324 e. The van der Waals surface area contributed by atoms with Gasteiger partial charge in [-0.15, -0.1) is 0 Å². The SMILES string of the molecule is NC(Cc1ccc(C(F)(F)F)cc1)c1ccc(Br)c(F)c1. The number of halogens is 5. The molecule has 0 fully saturated rings. The topological polar surface area (TPSA) is 26.0 Å². The van der Waals surface area contributed by atoms with Crippen LogP contribution >= 0.6 is 15.9 Å². The molecule has 112 valence electrons. The average molecular weight is 362 g/mol. The highest BCUT2D eigenvalue weighted by Gasteiger charge is 2.29. The molecule has 0 saturated heterocycles. The molecule has 0 amide bonds. The second kappa shape index (κ2) is 6.15. The highest BCUT2D eigenvalue weighted by atomic mass is 79.9. The van der Waals surface area contributed by atoms with E-state index in [2.05, 4.69) is 15.9 Å². The lowest BCUT2D eigenvalue weighted by Gasteiger charge is -2.13. The van der Waals surface area contributed by atoms with Gasteiger partial charge in [0.2, 0.25) is 0 Å². The molecule has 0 aliphatic rings. The van der Waals surface area contributed by atoms with Crippen molar-refractivity contribution in [3.05, 3.63) is 69.4 Å². The van der Waals surface area contributed by atoms with Gasteiger partial charge in [-0.2, -0.15) is 13.2 Å². The van der Waals surface area contributed by atoms with Crippen LogP contribution < -0.4 is 5.73 Å². The van der Waals surface area contributed by atoms with Gasteiger partial charge in [0, 0.05) is 6.04 Å². The number of alkyl halides is 3. The first kappa shape index (κ1) is 16.0. The summed E-state index contributed by atoms with van der Waals surface area (Å²) in [6, 6.07) is 8.88. The predicted molar refractivity (Wildman–Crippen MR) is 76.2 cm³/mol. The van der Waals surface area contributed by atoms with E-state index >= 15 is 0 Å². The molecule has 1 nitrogen and oxygen atoms in total. The van der Waals surface area contributed by atoms with Crippen molar-refractivity contribution in [2.45, 2.75) is 18.6 Å². The molecular weight excluding hydrogens is 350 g/mol. The van der Waals surface area contributed by atoms with Gasteiger partial charge in [0.25, 0.3) is 0 Å². The van der Waals surface area contributed by atoms with E-state index in [-0.39, 0.29) is 0 Å². The Morgan fingerprint density at radius 1 is 1.05 bits per heavy atom. The minimum atomic E-state index is -4.35. The number of hydrogen-bond donors (Lipinski definition) is 1. The van der Waals surface area contributed by atoms with E-state index in [4.69, 9.17) is 5.73 Å². The molecule has 0 heterocycles. The summed E-state index contributed by atoms with van der Waals surface area (Å²) in [6.45, 7) is 0. The van der Waals surface area contributed by atoms with Gasteiger partial charge >= 0.3 is 6.18 Å². The summed E-state index contributed by atoms with van der Waals surface area (Å²) in [6.07, 6.45) is -4.02. The third-order valence-corrected chi connectivity index (χ3v) is 3.75. The van der Waals surface area contributed by atoms with Gasteiger partial charge in [0.05, 0.1) is 10.0 Å². The first-order valence-electron chi connectivity index (χ1n) is 6.14. The zero-order valence-electron chi connectivity index (χ0n) is 10.8. The van der Waals surface area contributed by atoms with Gasteiger partial charge in [0.15, 0.2) is 0 Å². The maximum Gasteiger partial charge on any atom is 0.416 e. The maximum absolute atomic E-state index is 13.4. The summed E-state index contributed by atoms with van der Waals surface area (Å²) in [4.78, 5) is 0. The Bertz CT molecular complexity index is 623. The Kier molecular flexibility index (Phi) is 4.68. The quantitative estimate of drug-likeness (QED) is 0.777. The summed E-state index contributed by atoms with van der Waals surface area (Å²) in [5.41, 5.74) is 6.52. The molecular formula is C15H12BrF4N. The fourth-order valence-corrected chi connectivity index (χ4v) is 2.19. The van der Waals surface area contributed by atoms with Gasteiger partial charge in [-0.3, -0.25) is 0 Å². The first-order chi connectivity index (χ1) is 9.77. The number of nitrogens with two attached hydrogens (primary N) is 1. The van der Waals surface area contributed by atoms with Crippen LogP contribution in [0.25, 0.3) is 0 Å². The van der Waals surface area contributed by atoms with Gasteiger partial charge < -0.3 is 5.73 Å². The summed E-state index contributed by atoms with van der Waals surface area (Å²) >= 11 is 3.05. The van der Waals surface area contributed by atoms with E-state index < -0.39 is 23.6 Å². The Morgan fingerprint density at radius 2 is 1.67 bits per heavy atom. The molecule has 2 N–H and O–H groups in total. The van der Waals surface area contributed by atoms with Crippen LogP contribution in [0.2, 0.25) is 0 Å². The Balaban J connectivity index is 2.12. The zero-order chi connectivity index (χ0) is 15.6. The van der Waals surface area contributed by atoms with Gasteiger partial charge in [-0.1, -0.05) is 18.2 Å². The molecule has 21 heavy (non-hydrogen) atoms. The van der Waals surface area contributed by atoms with Crippen molar-refractivity contribution in [3.8, 4) is 0 Å². The van der Waals surface area contributed by atoms with Gasteiger partial charge in [-0.05, 0) is 57.7 Å². The third kappa shape index (κ3) is 4.04. The minimum absolute atomic E-state index is 0.333. The van der Waals surface area contributed by atoms with E-state index in [1.165, 1.54) is 18.2 Å². The average Bonchev–Trinajstić information content (AvgIpc) is 2.41. The largest absolute Gasteiger partial charge is 0.416 e. The highest BCUT2D eigenvalue weighted by Crippen LogP contribution is 2.29. The van der Waals surface area contributed by atoms with Crippen LogP contribution in [-0.4, -0.2) is 0 Å². The van der Waals surface area contributed by atoms with Crippen LogP contribution in [0.4, 0.5) is 17.6 Å². The molecule has 0 aromatic heterocycles. The van der Waals surface area contributed by atoms with Gasteiger partial charge in [0.1, 0.15) is 5.82 Å². The molecule has 0 aliphatic heterocycles. The van der Waals surface area contributed by atoms with Crippen LogP contribution in [0.1, 0.15) is 22.7 Å². The fraction of sp³-hybridized carbons (Fsp3) is 0.200. The van der Waals surface area contributed by atoms with E-state index in [0.29, 0.717) is 22.0 Å². The van der Waals surface area contributed by atoms with E-state index in [1.807, 2.05) is 0 Å². The molecule has 1 atom stereocenters. The summed E-state index contributed by atoms with van der Waals surface area (Å²) in [7, 11) is 0. The molecule has 0 bridgehead atoms. The Labute approximate surface area is 127 Å². The second-order valence-electron chi connectivity index (χ2n) is 4.68. The second-order valence-corrected chi connectivity index (χ2v) is 5.53. The molecule has 2 aromatic carbocycles. The van der Waals surface area contributed by atoms with Crippen LogP contribution in [0.15, 0.2) is 46.9 Å². The van der Waals surface area contributed by atoms with Crippen molar-refractivity contribution < 1.29 is 17.6 Å².